The number of H-pyrrole nitrogens is 2. The molecular formula is C26H23N9OS. The number of fused-ring (bicyclic) bond motifs is 2. The molecule has 10 nitrogen and oxygen atoms in total. The first kappa shape index (κ1) is 23.0. The van der Waals surface area contributed by atoms with E-state index >= 15 is 0 Å². The van der Waals surface area contributed by atoms with Crippen molar-refractivity contribution in [3.63, 3.8) is 0 Å². The number of aromatic nitrogens is 7. The van der Waals surface area contributed by atoms with Crippen molar-refractivity contribution in [3.05, 3.63) is 59.9 Å². The SMILES string of the molecule is Cc1ccc(-c2ccnc3nc(-c4n[nH]c5ccc(-c6cncc(NC(=O)CN(C)C)c6)nc45)[nH]c23)s1. The standard InChI is InChI=1S/C26H23N9OS/c1-14-4-7-20(37-14)17-8-9-28-25-22(17)31-26(32-25)24-23-19(33-34-24)6-5-18(30-23)15-10-16(12-27-11-15)29-21(36)13-35(2)3/h4-12H,13H2,1-3H3,(H,29,36)(H,33,34)(H,28,31,32). The Labute approximate surface area is 215 Å². The van der Waals surface area contributed by atoms with E-state index in [4.69, 9.17) is 9.97 Å². The number of anilines is 1. The molecule has 0 aromatic carbocycles. The van der Waals surface area contributed by atoms with Gasteiger partial charge in [-0.05, 0) is 57.4 Å². The molecule has 6 aromatic rings. The van der Waals surface area contributed by atoms with Crippen molar-refractivity contribution in [2.75, 3.05) is 26.0 Å². The number of amides is 1. The first-order valence-electron chi connectivity index (χ1n) is 11.6. The fraction of sp³-hybridized carbons (Fsp3) is 0.154. The molecule has 0 bridgehead atoms. The van der Waals surface area contributed by atoms with Crippen molar-refractivity contribution < 1.29 is 4.79 Å². The van der Waals surface area contributed by atoms with Crippen LogP contribution < -0.4 is 5.32 Å². The monoisotopic (exact) mass is 509 g/mol. The number of thiophene rings is 1. The first-order chi connectivity index (χ1) is 17.9. The summed E-state index contributed by atoms with van der Waals surface area (Å²) in [7, 11) is 3.69. The van der Waals surface area contributed by atoms with Gasteiger partial charge in [0.25, 0.3) is 0 Å². The predicted molar refractivity (Wildman–Crippen MR) is 145 cm³/mol. The van der Waals surface area contributed by atoms with Gasteiger partial charge in [0.15, 0.2) is 17.2 Å². The van der Waals surface area contributed by atoms with E-state index in [1.54, 1.807) is 34.8 Å². The van der Waals surface area contributed by atoms with Crippen LogP contribution in [0.4, 0.5) is 5.69 Å². The number of hydrogen-bond donors (Lipinski definition) is 3. The highest BCUT2D eigenvalue weighted by atomic mass is 32.1. The minimum absolute atomic E-state index is 0.111. The Morgan fingerprint density at radius 2 is 2.00 bits per heavy atom. The maximum absolute atomic E-state index is 12.2. The van der Waals surface area contributed by atoms with Crippen LogP contribution in [0.2, 0.25) is 0 Å². The normalized spacial score (nSPS) is 11.6. The average molecular weight is 510 g/mol. The van der Waals surface area contributed by atoms with Gasteiger partial charge in [-0.25, -0.2) is 15.0 Å². The average Bonchev–Trinajstić information content (AvgIpc) is 3.60. The summed E-state index contributed by atoms with van der Waals surface area (Å²) in [6.07, 6.45) is 5.11. The van der Waals surface area contributed by atoms with Crippen LogP contribution in [0.1, 0.15) is 4.88 Å². The summed E-state index contributed by atoms with van der Waals surface area (Å²) >= 11 is 1.73. The Bertz CT molecular complexity index is 1760. The maximum atomic E-state index is 12.2. The van der Waals surface area contributed by atoms with Crippen molar-refractivity contribution in [1.29, 1.82) is 0 Å². The Balaban J connectivity index is 1.38. The third-order valence-electron chi connectivity index (χ3n) is 5.81. The Morgan fingerprint density at radius 1 is 1.11 bits per heavy atom. The summed E-state index contributed by atoms with van der Waals surface area (Å²) in [4.78, 5) is 38.1. The third kappa shape index (κ3) is 4.46. The molecule has 184 valence electrons. The largest absolute Gasteiger partial charge is 0.335 e. The van der Waals surface area contributed by atoms with Crippen LogP contribution in [0.15, 0.2) is 55.0 Å². The van der Waals surface area contributed by atoms with Crippen molar-refractivity contribution in [3.8, 4) is 33.2 Å². The number of likely N-dealkylation sites (N-methyl/N-ethyl adjacent to an activating group) is 1. The molecule has 1 amide bonds. The molecule has 0 aliphatic carbocycles. The molecule has 0 atom stereocenters. The highest BCUT2D eigenvalue weighted by molar-refractivity contribution is 7.15. The van der Waals surface area contributed by atoms with Crippen LogP contribution in [0.25, 0.3) is 55.4 Å². The predicted octanol–water partition coefficient (Wildman–Crippen LogP) is 4.50. The number of nitrogens with zero attached hydrogens (tertiary/aromatic N) is 6. The van der Waals surface area contributed by atoms with Crippen LogP contribution in [-0.4, -0.2) is 66.6 Å². The van der Waals surface area contributed by atoms with E-state index in [0.29, 0.717) is 34.1 Å². The quantitative estimate of drug-likeness (QED) is 0.302. The molecule has 0 fully saturated rings. The summed E-state index contributed by atoms with van der Waals surface area (Å²) in [5.74, 6) is 0.474. The molecule has 0 saturated carbocycles. The lowest BCUT2D eigenvalue weighted by Gasteiger charge is -2.10. The van der Waals surface area contributed by atoms with Gasteiger partial charge >= 0.3 is 0 Å². The second kappa shape index (κ2) is 9.19. The highest BCUT2D eigenvalue weighted by Gasteiger charge is 2.18. The number of carbonyl (C=O) groups is 1. The molecular weight excluding hydrogens is 486 g/mol. The van der Waals surface area contributed by atoms with E-state index in [1.165, 1.54) is 4.88 Å². The molecule has 11 heteroatoms. The molecule has 0 radical (unpaired) electrons. The number of imidazole rings is 1. The zero-order valence-corrected chi connectivity index (χ0v) is 21.2. The summed E-state index contributed by atoms with van der Waals surface area (Å²) in [6, 6.07) is 11.9. The molecule has 3 N–H and O–H groups in total. The zero-order chi connectivity index (χ0) is 25.5. The first-order valence-corrected chi connectivity index (χ1v) is 12.4. The number of pyridine rings is 3. The third-order valence-corrected chi connectivity index (χ3v) is 6.84. The lowest BCUT2D eigenvalue weighted by molar-refractivity contribution is -0.116. The number of hydrogen-bond acceptors (Lipinski definition) is 8. The lowest BCUT2D eigenvalue weighted by atomic mass is 10.1. The van der Waals surface area contributed by atoms with Crippen LogP contribution in [0, 0.1) is 6.92 Å². The Morgan fingerprint density at radius 3 is 2.81 bits per heavy atom. The van der Waals surface area contributed by atoms with Crippen molar-refractivity contribution in [2.24, 2.45) is 0 Å². The van der Waals surface area contributed by atoms with Gasteiger partial charge in [-0.1, -0.05) is 0 Å². The summed E-state index contributed by atoms with van der Waals surface area (Å²) in [6.45, 7) is 2.37. The van der Waals surface area contributed by atoms with Gasteiger partial charge in [-0.2, -0.15) is 5.10 Å². The fourth-order valence-electron chi connectivity index (χ4n) is 4.17. The molecule has 6 rings (SSSR count). The van der Waals surface area contributed by atoms with Crippen LogP contribution in [-0.2, 0) is 4.79 Å². The molecule has 6 aromatic heterocycles. The van der Waals surface area contributed by atoms with E-state index in [-0.39, 0.29) is 12.5 Å². The van der Waals surface area contributed by atoms with E-state index in [0.717, 1.165) is 27.0 Å². The van der Waals surface area contributed by atoms with Gasteiger partial charge in [0, 0.05) is 33.3 Å². The zero-order valence-electron chi connectivity index (χ0n) is 20.4. The maximum Gasteiger partial charge on any atom is 0.238 e. The Hall–Kier alpha value is -4.48. The number of rotatable bonds is 6. The fourth-order valence-corrected chi connectivity index (χ4v) is 5.07. The topological polar surface area (TPSA) is 128 Å². The number of aryl methyl sites for hydroxylation is 1. The molecule has 0 spiro atoms. The molecule has 0 aliphatic rings. The van der Waals surface area contributed by atoms with Gasteiger partial charge < -0.3 is 15.2 Å². The summed E-state index contributed by atoms with van der Waals surface area (Å²) in [5, 5.41) is 10.4. The van der Waals surface area contributed by atoms with E-state index in [1.807, 2.05) is 38.4 Å². The van der Waals surface area contributed by atoms with Crippen molar-refractivity contribution >= 4 is 45.1 Å². The molecule has 0 unspecified atom stereocenters. The lowest BCUT2D eigenvalue weighted by Crippen LogP contribution is -2.27. The Kier molecular flexibility index (Phi) is 5.70. The van der Waals surface area contributed by atoms with Gasteiger partial charge in [0.05, 0.1) is 35.2 Å². The van der Waals surface area contributed by atoms with Gasteiger partial charge in [-0.15, -0.1) is 11.3 Å². The van der Waals surface area contributed by atoms with E-state index < -0.39 is 0 Å². The molecule has 6 heterocycles. The summed E-state index contributed by atoms with van der Waals surface area (Å²) in [5.41, 5.74) is 6.68. The molecule has 37 heavy (non-hydrogen) atoms. The highest BCUT2D eigenvalue weighted by Crippen LogP contribution is 2.34. The second-order valence-corrected chi connectivity index (χ2v) is 10.3. The number of nitrogens with one attached hydrogen (secondary N) is 3. The smallest absolute Gasteiger partial charge is 0.238 e. The van der Waals surface area contributed by atoms with Crippen LogP contribution in [0.3, 0.4) is 0 Å². The molecule has 0 saturated heterocycles. The second-order valence-electron chi connectivity index (χ2n) is 8.97. The number of carbonyl (C=O) groups excluding carboxylic acids is 1. The molecule has 0 aliphatic heterocycles. The minimum Gasteiger partial charge on any atom is -0.335 e. The van der Waals surface area contributed by atoms with Gasteiger partial charge in [0.1, 0.15) is 5.52 Å². The van der Waals surface area contributed by atoms with Crippen molar-refractivity contribution in [2.45, 2.75) is 6.92 Å². The van der Waals surface area contributed by atoms with Gasteiger partial charge in [0.2, 0.25) is 5.91 Å². The van der Waals surface area contributed by atoms with Crippen LogP contribution in [0.5, 0.6) is 0 Å². The summed E-state index contributed by atoms with van der Waals surface area (Å²) < 4.78 is 0. The van der Waals surface area contributed by atoms with E-state index in [2.05, 4.69) is 49.5 Å². The van der Waals surface area contributed by atoms with E-state index in [9.17, 15) is 4.79 Å². The van der Waals surface area contributed by atoms with Crippen LogP contribution >= 0.6 is 11.3 Å². The van der Waals surface area contributed by atoms with Crippen molar-refractivity contribution in [1.82, 2.24) is 40.0 Å². The minimum atomic E-state index is -0.111. The number of aromatic amines is 2. The van der Waals surface area contributed by atoms with Gasteiger partial charge in [-0.3, -0.25) is 14.9 Å².